The first-order valence-corrected chi connectivity index (χ1v) is 9.62. The van der Waals surface area contributed by atoms with Gasteiger partial charge in [-0.25, -0.2) is 4.39 Å². The largest absolute Gasteiger partial charge is 0.505 e. The van der Waals surface area contributed by atoms with Crippen LogP contribution in [0.5, 0.6) is 5.75 Å². The molecule has 2 aromatic carbocycles. The number of carbonyl (C=O) groups is 2. The summed E-state index contributed by atoms with van der Waals surface area (Å²) in [5.74, 6) is -4.45. The van der Waals surface area contributed by atoms with Crippen LogP contribution >= 0.6 is 11.6 Å². The normalized spacial score (nSPS) is 13.4. The lowest BCUT2D eigenvalue weighted by Crippen LogP contribution is -2.21. The van der Waals surface area contributed by atoms with E-state index in [4.69, 9.17) is 11.6 Å². The Kier molecular flexibility index (Phi) is 5.66. The predicted molar refractivity (Wildman–Crippen MR) is 109 cm³/mol. The first-order valence-electron chi connectivity index (χ1n) is 9.24. The zero-order valence-electron chi connectivity index (χ0n) is 16.2. The summed E-state index contributed by atoms with van der Waals surface area (Å²) in [6.45, 7) is 5.20. The van der Waals surface area contributed by atoms with Crippen molar-refractivity contribution < 1.29 is 24.2 Å². The maximum Gasteiger partial charge on any atom is 0.311 e. The lowest BCUT2D eigenvalue weighted by molar-refractivity contribution is -0.140. The molecule has 0 fully saturated rings. The van der Waals surface area contributed by atoms with Crippen molar-refractivity contribution in [2.45, 2.75) is 33.1 Å². The lowest BCUT2D eigenvalue weighted by atomic mass is 9.84. The lowest BCUT2D eigenvalue weighted by Gasteiger charge is -2.20. The molecule has 0 aliphatic carbocycles. The molecule has 1 aromatic heterocycles. The van der Waals surface area contributed by atoms with Crippen LogP contribution in [0.4, 0.5) is 4.39 Å². The SMILES string of the molecule is CCC(C)C(C(=O)O)c1c(C)n(C(=O)c2cccc(Cl)c2)c2ccc(O)c(F)c12. The van der Waals surface area contributed by atoms with E-state index in [0.717, 1.165) is 6.07 Å². The second kappa shape index (κ2) is 7.87. The number of carboxylic acids is 1. The molecule has 3 aromatic rings. The van der Waals surface area contributed by atoms with Crippen molar-refractivity contribution in [3.8, 4) is 5.75 Å². The van der Waals surface area contributed by atoms with E-state index in [1.165, 1.54) is 16.7 Å². The molecule has 3 rings (SSSR count). The molecule has 0 saturated heterocycles. The highest BCUT2D eigenvalue weighted by Crippen LogP contribution is 2.40. The fourth-order valence-corrected chi connectivity index (χ4v) is 3.95. The number of hydrogen-bond donors (Lipinski definition) is 2. The van der Waals surface area contributed by atoms with E-state index in [-0.39, 0.29) is 27.9 Å². The van der Waals surface area contributed by atoms with Crippen molar-refractivity contribution in [1.29, 1.82) is 0 Å². The average molecular weight is 418 g/mol. The number of aromatic nitrogens is 1. The van der Waals surface area contributed by atoms with Crippen LogP contribution in [0.25, 0.3) is 10.9 Å². The number of hydrogen-bond acceptors (Lipinski definition) is 3. The number of nitrogens with zero attached hydrogens (tertiary/aromatic N) is 1. The van der Waals surface area contributed by atoms with Crippen LogP contribution in [0, 0.1) is 18.7 Å². The molecule has 2 N–H and O–H groups in total. The van der Waals surface area contributed by atoms with Crippen molar-refractivity contribution in [3.05, 3.63) is 64.1 Å². The molecule has 5 nitrogen and oxygen atoms in total. The standard InChI is InChI=1S/C22H21ClFNO4/c1-4-11(2)17(22(28)29)18-12(3)25(15-8-9-16(26)20(24)19(15)18)21(27)13-6-5-7-14(23)10-13/h5-11,17,26H,4H2,1-3H3,(H,28,29). The Morgan fingerprint density at radius 3 is 2.52 bits per heavy atom. The molecule has 0 saturated carbocycles. The van der Waals surface area contributed by atoms with Gasteiger partial charge in [0.15, 0.2) is 11.6 Å². The van der Waals surface area contributed by atoms with E-state index >= 15 is 0 Å². The average Bonchev–Trinajstić information content (AvgIpc) is 2.96. The minimum Gasteiger partial charge on any atom is -0.505 e. The third kappa shape index (κ3) is 3.49. The van der Waals surface area contributed by atoms with Crippen molar-refractivity contribution in [3.63, 3.8) is 0 Å². The van der Waals surface area contributed by atoms with E-state index < -0.39 is 29.4 Å². The molecule has 0 spiro atoms. The molecule has 1 heterocycles. The summed E-state index contributed by atoms with van der Waals surface area (Å²) in [5.41, 5.74) is 1.01. The summed E-state index contributed by atoms with van der Waals surface area (Å²) in [6.07, 6.45) is 0.547. The number of rotatable bonds is 5. The fourth-order valence-electron chi connectivity index (χ4n) is 3.76. The number of phenols is 1. The van der Waals surface area contributed by atoms with E-state index in [0.29, 0.717) is 17.1 Å². The highest BCUT2D eigenvalue weighted by atomic mass is 35.5. The minimum atomic E-state index is -1.11. The van der Waals surface area contributed by atoms with Gasteiger partial charge in [0.2, 0.25) is 0 Å². The molecule has 2 unspecified atom stereocenters. The van der Waals surface area contributed by atoms with E-state index in [1.807, 2.05) is 6.92 Å². The smallest absolute Gasteiger partial charge is 0.311 e. The van der Waals surface area contributed by atoms with Gasteiger partial charge in [-0.2, -0.15) is 0 Å². The number of benzene rings is 2. The van der Waals surface area contributed by atoms with Gasteiger partial charge in [-0.1, -0.05) is 37.9 Å². The van der Waals surface area contributed by atoms with Crippen molar-refractivity contribution in [2.24, 2.45) is 5.92 Å². The molecular weight excluding hydrogens is 397 g/mol. The Labute approximate surface area is 172 Å². The van der Waals surface area contributed by atoms with Crippen LogP contribution in [0.1, 0.15) is 47.8 Å². The second-order valence-electron chi connectivity index (χ2n) is 7.14. The fraction of sp³-hybridized carbons (Fsp3) is 0.273. The van der Waals surface area contributed by atoms with Gasteiger partial charge in [0.25, 0.3) is 5.91 Å². The third-order valence-electron chi connectivity index (χ3n) is 5.40. The summed E-state index contributed by atoms with van der Waals surface area (Å²) in [7, 11) is 0. The van der Waals surface area contributed by atoms with Gasteiger partial charge in [-0.05, 0) is 48.7 Å². The molecular formula is C22H21ClFNO4. The monoisotopic (exact) mass is 417 g/mol. The van der Waals surface area contributed by atoms with Gasteiger partial charge < -0.3 is 10.2 Å². The first-order chi connectivity index (χ1) is 13.7. The molecule has 0 amide bonds. The molecule has 152 valence electrons. The molecule has 0 radical (unpaired) electrons. The molecule has 0 bridgehead atoms. The Morgan fingerprint density at radius 2 is 1.93 bits per heavy atom. The minimum absolute atomic E-state index is 0.0504. The van der Waals surface area contributed by atoms with Crippen LogP contribution in [0.3, 0.4) is 0 Å². The number of halogens is 2. The summed E-state index contributed by atoms with van der Waals surface area (Å²) >= 11 is 6.01. The quantitative estimate of drug-likeness (QED) is 0.586. The summed E-state index contributed by atoms with van der Waals surface area (Å²) in [6, 6.07) is 8.91. The van der Waals surface area contributed by atoms with E-state index in [1.54, 1.807) is 32.0 Å². The van der Waals surface area contributed by atoms with Crippen LogP contribution < -0.4 is 0 Å². The van der Waals surface area contributed by atoms with Crippen molar-refractivity contribution >= 4 is 34.4 Å². The molecule has 29 heavy (non-hydrogen) atoms. The molecule has 7 heteroatoms. The number of phenolic OH excluding ortho intramolecular Hbond substituents is 1. The van der Waals surface area contributed by atoms with Crippen LogP contribution in [-0.2, 0) is 4.79 Å². The summed E-state index contributed by atoms with van der Waals surface area (Å²) in [4.78, 5) is 25.3. The zero-order chi connectivity index (χ0) is 21.5. The maximum atomic E-state index is 15.0. The number of aliphatic carboxylic acids is 1. The van der Waals surface area contributed by atoms with Crippen LogP contribution in [0.15, 0.2) is 36.4 Å². The number of carboxylic acid groups (broad SMARTS) is 1. The van der Waals surface area contributed by atoms with Crippen molar-refractivity contribution in [2.75, 3.05) is 0 Å². The zero-order valence-corrected chi connectivity index (χ0v) is 17.0. The Bertz CT molecular complexity index is 1120. The Morgan fingerprint density at radius 1 is 1.24 bits per heavy atom. The van der Waals surface area contributed by atoms with E-state index in [9.17, 15) is 24.2 Å². The summed E-state index contributed by atoms with van der Waals surface area (Å²) in [5, 5.41) is 20.1. The Balaban J connectivity index is 2.39. The highest BCUT2D eigenvalue weighted by Gasteiger charge is 2.34. The van der Waals surface area contributed by atoms with Gasteiger partial charge in [0.1, 0.15) is 0 Å². The number of fused-ring (bicyclic) bond motifs is 1. The van der Waals surface area contributed by atoms with Crippen LogP contribution in [0.2, 0.25) is 5.02 Å². The van der Waals surface area contributed by atoms with Crippen LogP contribution in [-0.4, -0.2) is 26.7 Å². The maximum absolute atomic E-state index is 15.0. The first kappa shape index (κ1) is 20.9. The van der Waals surface area contributed by atoms with Gasteiger partial charge in [0.05, 0.1) is 11.4 Å². The topological polar surface area (TPSA) is 79.5 Å². The predicted octanol–water partition coefficient (Wildman–Crippen LogP) is 5.35. The number of aromatic hydroxyl groups is 1. The summed E-state index contributed by atoms with van der Waals surface area (Å²) < 4.78 is 16.3. The molecule has 0 aliphatic rings. The van der Waals surface area contributed by atoms with E-state index in [2.05, 4.69) is 0 Å². The van der Waals surface area contributed by atoms with Gasteiger partial charge >= 0.3 is 5.97 Å². The van der Waals surface area contributed by atoms with Crippen molar-refractivity contribution in [1.82, 2.24) is 4.57 Å². The molecule has 2 atom stereocenters. The van der Waals surface area contributed by atoms with Gasteiger partial charge in [0, 0.05) is 21.7 Å². The highest BCUT2D eigenvalue weighted by molar-refractivity contribution is 6.31. The second-order valence-corrected chi connectivity index (χ2v) is 7.58. The van der Waals surface area contributed by atoms with Gasteiger partial charge in [-0.15, -0.1) is 0 Å². The third-order valence-corrected chi connectivity index (χ3v) is 5.63. The molecule has 0 aliphatic heterocycles. The van der Waals surface area contributed by atoms with Gasteiger partial charge in [-0.3, -0.25) is 14.2 Å². The Hall–Kier alpha value is -2.86. The number of carbonyl (C=O) groups excluding carboxylic acids is 1.